The third-order valence-electron chi connectivity index (χ3n) is 2.26. The van der Waals surface area contributed by atoms with Crippen LogP contribution in [0.2, 0.25) is 0 Å². The third kappa shape index (κ3) is 1.48. The molecule has 0 bridgehead atoms. The maximum absolute atomic E-state index is 10.8. The second kappa shape index (κ2) is 3.30. The van der Waals surface area contributed by atoms with Crippen LogP contribution in [0.25, 0.3) is 10.8 Å². The lowest BCUT2D eigenvalue weighted by Gasteiger charge is -2.05. The first kappa shape index (κ1) is 10.1. The molecule has 2 rings (SSSR count). The van der Waals surface area contributed by atoms with E-state index in [0.29, 0.717) is 5.39 Å². The van der Waals surface area contributed by atoms with Gasteiger partial charge in [0.15, 0.2) is 0 Å². The highest BCUT2D eigenvalue weighted by Crippen LogP contribution is 2.33. The number of rotatable bonds is 1. The molecule has 5 heteroatoms. The molecule has 0 aliphatic rings. The van der Waals surface area contributed by atoms with E-state index >= 15 is 0 Å². The first-order valence-corrected chi connectivity index (χ1v) is 4.41. The lowest BCUT2D eigenvalue weighted by atomic mass is 10.0. The van der Waals surface area contributed by atoms with Gasteiger partial charge in [-0.3, -0.25) is 0 Å². The molecule has 5 nitrogen and oxygen atoms in total. The molecule has 0 saturated heterocycles. The van der Waals surface area contributed by atoms with Gasteiger partial charge in [0.25, 0.3) is 0 Å². The zero-order chi connectivity index (χ0) is 11.9. The summed E-state index contributed by atoms with van der Waals surface area (Å²) in [7, 11) is 0. The van der Waals surface area contributed by atoms with E-state index in [2.05, 4.69) is 0 Å². The second-order valence-corrected chi connectivity index (χ2v) is 3.36. The van der Waals surface area contributed by atoms with Crippen molar-refractivity contribution in [3.05, 3.63) is 29.8 Å². The number of carboxylic acids is 1. The lowest BCUT2D eigenvalue weighted by molar-refractivity contribution is 0.0694. The second-order valence-electron chi connectivity index (χ2n) is 3.36. The van der Waals surface area contributed by atoms with Crippen LogP contribution in [-0.2, 0) is 0 Å². The van der Waals surface area contributed by atoms with Gasteiger partial charge >= 0.3 is 5.97 Å². The quantitative estimate of drug-likeness (QED) is 0.585. The largest absolute Gasteiger partial charge is 0.508 e. The highest BCUT2D eigenvalue weighted by molar-refractivity contribution is 5.99. The average molecular weight is 220 g/mol. The summed E-state index contributed by atoms with van der Waals surface area (Å²) in [4.78, 5) is 10.8. The molecule has 2 aromatic rings. The Morgan fingerprint density at radius 2 is 1.62 bits per heavy atom. The van der Waals surface area contributed by atoms with Gasteiger partial charge in [0.1, 0.15) is 22.8 Å². The zero-order valence-corrected chi connectivity index (χ0v) is 8.01. The summed E-state index contributed by atoms with van der Waals surface area (Å²) >= 11 is 0. The Morgan fingerprint density at radius 1 is 0.938 bits per heavy atom. The molecule has 0 unspecified atom stereocenters. The van der Waals surface area contributed by atoms with Crippen LogP contribution in [0.4, 0.5) is 0 Å². The molecule has 0 aliphatic heterocycles. The number of carbonyl (C=O) groups is 1. The van der Waals surface area contributed by atoms with Gasteiger partial charge in [-0.25, -0.2) is 4.79 Å². The smallest absolute Gasteiger partial charge is 0.339 e. The molecular weight excluding hydrogens is 212 g/mol. The number of carboxylic acid groups (broad SMARTS) is 1. The first-order valence-electron chi connectivity index (χ1n) is 4.41. The Kier molecular flexibility index (Phi) is 2.09. The summed E-state index contributed by atoms with van der Waals surface area (Å²) in [5.74, 6) is -2.10. The number of phenols is 3. The number of hydrogen-bond acceptors (Lipinski definition) is 4. The summed E-state index contributed by atoms with van der Waals surface area (Å²) in [6.07, 6.45) is 0. The monoisotopic (exact) mass is 220 g/mol. The minimum atomic E-state index is -1.29. The van der Waals surface area contributed by atoms with Gasteiger partial charge in [-0.2, -0.15) is 0 Å². The van der Waals surface area contributed by atoms with Gasteiger partial charge in [-0.15, -0.1) is 0 Å². The molecule has 0 saturated carbocycles. The number of phenolic OH excluding ortho intramolecular Hbond substituents is 2. The number of aromatic hydroxyl groups is 3. The van der Waals surface area contributed by atoms with Crippen LogP contribution in [0.5, 0.6) is 17.2 Å². The maximum atomic E-state index is 10.8. The van der Waals surface area contributed by atoms with Gasteiger partial charge in [0, 0.05) is 11.5 Å². The zero-order valence-electron chi connectivity index (χ0n) is 8.01. The summed E-state index contributed by atoms with van der Waals surface area (Å²) in [6.45, 7) is 0. The minimum absolute atomic E-state index is 0.160. The van der Waals surface area contributed by atoms with E-state index in [-0.39, 0.29) is 22.4 Å². The fraction of sp³-hybridized carbons (Fsp3) is 0. The number of aromatic carboxylic acids is 1. The van der Waals surface area contributed by atoms with Crippen LogP contribution in [0.15, 0.2) is 24.3 Å². The predicted octanol–water partition coefficient (Wildman–Crippen LogP) is 1.65. The number of fused-ring (bicyclic) bond motifs is 1. The third-order valence-corrected chi connectivity index (χ3v) is 2.26. The van der Waals surface area contributed by atoms with Crippen molar-refractivity contribution in [3.63, 3.8) is 0 Å². The molecule has 0 atom stereocenters. The predicted molar refractivity (Wildman–Crippen MR) is 55.9 cm³/mol. The molecule has 0 heterocycles. The lowest BCUT2D eigenvalue weighted by Crippen LogP contribution is -1.96. The standard InChI is InChI=1S/C11H8O5/c12-6-1-5-2-9(13)8(11(15)16)4-7(5)10(14)3-6/h1-4,12-14H,(H,15,16). The van der Waals surface area contributed by atoms with E-state index in [1.807, 2.05) is 0 Å². The van der Waals surface area contributed by atoms with Crippen molar-refractivity contribution in [3.8, 4) is 17.2 Å². The van der Waals surface area contributed by atoms with Crippen molar-refractivity contribution in [1.29, 1.82) is 0 Å². The molecule has 0 fully saturated rings. The topological polar surface area (TPSA) is 98.0 Å². The molecule has 82 valence electrons. The van der Waals surface area contributed by atoms with E-state index in [4.69, 9.17) is 5.11 Å². The average Bonchev–Trinajstić information content (AvgIpc) is 2.15. The van der Waals surface area contributed by atoms with Gasteiger partial charge in [-0.1, -0.05) is 0 Å². The Bertz CT molecular complexity index is 588. The Balaban J connectivity index is 2.84. The molecule has 0 radical (unpaired) electrons. The summed E-state index contributed by atoms with van der Waals surface area (Å²) in [6, 6.07) is 4.76. The van der Waals surface area contributed by atoms with Crippen molar-refractivity contribution < 1.29 is 25.2 Å². The molecule has 4 N–H and O–H groups in total. The molecular formula is C11H8O5. The van der Waals surface area contributed by atoms with E-state index in [1.54, 1.807) is 0 Å². The molecule has 0 amide bonds. The Hall–Kier alpha value is -2.43. The first-order chi connectivity index (χ1) is 7.49. The minimum Gasteiger partial charge on any atom is -0.508 e. The van der Waals surface area contributed by atoms with E-state index < -0.39 is 11.7 Å². The van der Waals surface area contributed by atoms with Crippen molar-refractivity contribution in [2.24, 2.45) is 0 Å². The normalized spacial score (nSPS) is 10.5. The number of benzene rings is 2. The van der Waals surface area contributed by atoms with Crippen molar-refractivity contribution in [2.45, 2.75) is 0 Å². The van der Waals surface area contributed by atoms with E-state index in [9.17, 15) is 20.1 Å². The molecule has 0 aliphatic carbocycles. The summed E-state index contributed by atoms with van der Waals surface area (Å²) in [5, 5.41) is 37.6. The maximum Gasteiger partial charge on any atom is 0.339 e. The Morgan fingerprint density at radius 3 is 2.25 bits per heavy atom. The van der Waals surface area contributed by atoms with Crippen LogP contribution in [0.1, 0.15) is 10.4 Å². The van der Waals surface area contributed by atoms with Crippen LogP contribution in [0.3, 0.4) is 0 Å². The van der Waals surface area contributed by atoms with Gasteiger partial charge < -0.3 is 20.4 Å². The van der Waals surface area contributed by atoms with Crippen LogP contribution < -0.4 is 0 Å². The molecule has 16 heavy (non-hydrogen) atoms. The number of hydrogen-bond donors (Lipinski definition) is 4. The van der Waals surface area contributed by atoms with Crippen molar-refractivity contribution in [1.82, 2.24) is 0 Å². The fourth-order valence-corrected chi connectivity index (χ4v) is 1.54. The highest BCUT2D eigenvalue weighted by Gasteiger charge is 2.13. The molecule has 0 aromatic heterocycles. The van der Waals surface area contributed by atoms with Gasteiger partial charge in [-0.05, 0) is 23.6 Å². The van der Waals surface area contributed by atoms with Crippen LogP contribution in [0, 0.1) is 0 Å². The van der Waals surface area contributed by atoms with Crippen molar-refractivity contribution >= 4 is 16.7 Å². The van der Waals surface area contributed by atoms with Gasteiger partial charge in [0.05, 0.1) is 0 Å². The van der Waals surface area contributed by atoms with Gasteiger partial charge in [0.2, 0.25) is 0 Å². The Labute approximate surface area is 89.8 Å². The SMILES string of the molecule is O=C(O)c1cc2c(O)cc(O)cc2cc1O. The van der Waals surface area contributed by atoms with Crippen molar-refractivity contribution in [2.75, 3.05) is 0 Å². The summed E-state index contributed by atoms with van der Waals surface area (Å²) < 4.78 is 0. The fourth-order valence-electron chi connectivity index (χ4n) is 1.54. The molecule has 2 aromatic carbocycles. The highest BCUT2D eigenvalue weighted by atomic mass is 16.4. The van der Waals surface area contributed by atoms with Crippen LogP contribution >= 0.6 is 0 Å². The van der Waals surface area contributed by atoms with Crippen LogP contribution in [-0.4, -0.2) is 26.4 Å². The molecule has 0 spiro atoms. The summed E-state index contributed by atoms with van der Waals surface area (Å²) in [5.41, 5.74) is -0.298. The van der Waals surface area contributed by atoms with E-state index in [0.717, 1.165) is 12.1 Å². The van der Waals surface area contributed by atoms with E-state index in [1.165, 1.54) is 12.1 Å².